The Balaban J connectivity index is 1.68. The molecule has 10 nitrogen and oxygen atoms in total. The molecule has 1 aliphatic carbocycles. The average molecular weight is 517 g/mol. The van der Waals surface area contributed by atoms with E-state index in [2.05, 4.69) is 14.6 Å². The normalized spacial score (nSPS) is 17.4. The number of carbonyl (C=O) groups is 1. The topological polar surface area (TPSA) is 110 Å². The third kappa shape index (κ3) is 4.85. The zero-order chi connectivity index (χ0) is 25.4. The number of benzene rings is 1. The number of aromatic nitrogens is 3. The zero-order valence-electron chi connectivity index (χ0n) is 20.3. The highest BCUT2D eigenvalue weighted by molar-refractivity contribution is 7.87. The smallest absolute Gasteiger partial charge is 0.303 e. The third-order valence-electron chi connectivity index (χ3n) is 6.74. The summed E-state index contributed by atoms with van der Waals surface area (Å²) in [6.07, 6.45) is 3.14. The van der Waals surface area contributed by atoms with Crippen molar-refractivity contribution in [2.75, 3.05) is 40.4 Å². The second-order valence-corrected chi connectivity index (χ2v) is 11.3. The first kappa shape index (κ1) is 24.8. The van der Waals surface area contributed by atoms with Crippen LogP contribution in [0.1, 0.15) is 46.9 Å². The van der Waals surface area contributed by atoms with E-state index in [1.54, 1.807) is 22.9 Å². The van der Waals surface area contributed by atoms with Crippen molar-refractivity contribution in [3.05, 3.63) is 53.1 Å². The van der Waals surface area contributed by atoms with Crippen molar-refractivity contribution in [3.8, 4) is 5.69 Å². The van der Waals surface area contributed by atoms with Crippen LogP contribution in [0.3, 0.4) is 0 Å². The highest BCUT2D eigenvalue weighted by atomic mass is 32.2. The third-order valence-corrected chi connectivity index (χ3v) is 8.15. The Morgan fingerprint density at radius 2 is 1.89 bits per heavy atom. The van der Waals surface area contributed by atoms with Crippen molar-refractivity contribution in [2.24, 2.45) is 0 Å². The number of carbonyl (C=O) groups excluding carboxylic acids is 1. The number of rotatable bonds is 7. The van der Waals surface area contributed by atoms with Crippen LogP contribution in [-0.4, -0.2) is 78.7 Å². The first-order valence-electron chi connectivity index (χ1n) is 12.0. The molecular weight excluding hydrogens is 487 g/mol. The summed E-state index contributed by atoms with van der Waals surface area (Å²) in [4.78, 5) is 19.9. The van der Waals surface area contributed by atoms with Gasteiger partial charge >= 0.3 is 10.2 Å². The summed E-state index contributed by atoms with van der Waals surface area (Å²) in [5.41, 5.74) is 2.78. The van der Waals surface area contributed by atoms with Crippen LogP contribution in [0.5, 0.6) is 0 Å². The van der Waals surface area contributed by atoms with Gasteiger partial charge in [0.25, 0.3) is 5.91 Å². The van der Waals surface area contributed by atoms with E-state index >= 15 is 0 Å². The highest BCUT2D eigenvalue weighted by Crippen LogP contribution is 2.40. The Hall–Kier alpha value is -2.93. The van der Waals surface area contributed by atoms with Crippen molar-refractivity contribution >= 4 is 27.1 Å². The van der Waals surface area contributed by atoms with Gasteiger partial charge in [-0.05, 0) is 48.7 Å². The maximum absolute atomic E-state index is 13.7. The minimum absolute atomic E-state index is 0.0281. The van der Waals surface area contributed by atoms with Gasteiger partial charge in [0.05, 0.1) is 24.6 Å². The molecule has 1 saturated heterocycles. The molecule has 1 N–H and O–H groups in total. The molecule has 0 radical (unpaired) electrons. The van der Waals surface area contributed by atoms with E-state index in [9.17, 15) is 17.6 Å². The lowest BCUT2D eigenvalue weighted by Crippen LogP contribution is -2.40. The van der Waals surface area contributed by atoms with E-state index in [0.717, 1.165) is 53.3 Å². The number of nitrogens with one attached hydrogen (secondary N) is 1. The number of halogens is 1. The van der Waals surface area contributed by atoms with Crippen LogP contribution in [0.15, 0.2) is 30.3 Å². The number of amides is 1. The number of fused-ring (bicyclic) bond motifs is 1. The van der Waals surface area contributed by atoms with E-state index in [4.69, 9.17) is 9.84 Å². The largest absolute Gasteiger partial charge is 0.379 e. The summed E-state index contributed by atoms with van der Waals surface area (Å²) in [6.45, 7) is 3.26. The van der Waals surface area contributed by atoms with Gasteiger partial charge in [0, 0.05) is 45.0 Å². The lowest BCUT2D eigenvalue weighted by Gasteiger charge is -2.28. The molecule has 192 valence electrons. The van der Waals surface area contributed by atoms with E-state index in [0.29, 0.717) is 31.1 Å². The summed E-state index contributed by atoms with van der Waals surface area (Å²) < 4.78 is 48.4. The Kier molecular flexibility index (Phi) is 6.77. The highest BCUT2D eigenvalue weighted by Gasteiger charge is 2.30. The molecule has 12 heteroatoms. The van der Waals surface area contributed by atoms with Crippen molar-refractivity contribution in [3.63, 3.8) is 0 Å². The molecule has 1 aliphatic heterocycles. The summed E-state index contributed by atoms with van der Waals surface area (Å²) in [5, 5.41) is 5.76. The number of nitrogens with zero attached hydrogens (tertiary/aromatic N) is 5. The second-order valence-electron chi connectivity index (χ2n) is 9.37. The van der Waals surface area contributed by atoms with Gasteiger partial charge in [-0.25, -0.2) is 18.8 Å². The van der Waals surface area contributed by atoms with Crippen molar-refractivity contribution in [2.45, 2.75) is 31.7 Å². The van der Waals surface area contributed by atoms with Crippen molar-refractivity contribution in [1.29, 1.82) is 0 Å². The number of ether oxygens (including phenoxy) is 1. The molecule has 1 amide bonds. The van der Waals surface area contributed by atoms with Gasteiger partial charge in [-0.2, -0.15) is 17.8 Å². The van der Waals surface area contributed by atoms with Crippen LogP contribution in [0, 0.1) is 5.82 Å². The van der Waals surface area contributed by atoms with Gasteiger partial charge in [0.15, 0.2) is 5.65 Å². The first-order chi connectivity index (χ1) is 17.2. The minimum Gasteiger partial charge on any atom is -0.379 e. The maximum Gasteiger partial charge on any atom is 0.303 e. The second kappa shape index (κ2) is 9.85. The predicted octanol–water partition coefficient (Wildman–Crippen LogP) is 2.20. The molecule has 36 heavy (non-hydrogen) atoms. The van der Waals surface area contributed by atoms with Crippen LogP contribution in [0.4, 0.5) is 4.39 Å². The number of hydrogen-bond donors (Lipinski definition) is 1. The number of morpholine rings is 1. The van der Waals surface area contributed by atoms with Gasteiger partial charge < -0.3 is 4.74 Å². The van der Waals surface area contributed by atoms with Gasteiger partial charge in [0.2, 0.25) is 0 Å². The molecule has 2 aliphatic rings. The minimum atomic E-state index is -4.01. The van der Waals surface area contributed by atoms with E-state index in [1.807, 2.05) is 0 Å². The molecule has 3 aromatic rings. The predicted molar refractivity (Wildman–Crippen MR) is 132 cm³/mol. The molecule has 1 saturated carbocycles. The van der Waals surface area contributed by atoms with Crippen molar-refractivity contribution in [1.82, 2.24) is 28.7 Å². The van der Waals surface area contributed by atoms with Crippen LogP contribution in [0.2, 0.25) is 0 Å². The Morgan fingerprint density at radius 3 is 2.50 bits per heavy atom. The monoisotopic (exact) mass is 516 g/mol. The van der Waals surface area contributed by atoms with Crippen LogP contribution < -0.4 is 4.72 Å². The van der Waals surface area contributed by atoms with Gasteiger partial charge in [-0.1, -0.05) is 6.42 Å². The lowest BCUT2D eigenvalue weighted by atomic mass is 9.81. The van der Waals surface area contributed by atoms with Gasteiger partial charge in [0.1, 0.15) is 11.5 Å². The first-order valence-corrected chi connectivity index (χ1v) is 13.4. The molecular formula is C24H29FN6O4S. The Morgan fingerprint density at radius 1 is 1.19 bits per heavy atom. The zero-order valence-corrected chi connectivity index (χ0v) is 21.1. The fourth-order valence-electron chi connectivity index (χ4n) is 4.45. The van der Waals surface area contributed by atoms with Crippen LogP contribution in [0.25, 0.3) is 16.7 Å². The lowest BCUT2D eigenvalue weighted by molar-refractivity contribution is 0.0343. The molecule has 0 spiro atoms. The standard InChI is InChI=1S/C24H29FN6O4S/c1-29(2)36(33,34)28-24(32)20-14-17(15-30-10-12-35-13-11-30)21-22(16-4-3-5-16)27-31(23(21)26-20)19-8-6-18(25)7-9-19/h6-9,14,16H,3-5,10-13,15H2,1-2H3,(H,28,32). The maximum atomic E-state index is 13.7. The van der Waals surface area contributed by atoms with Crippen LogP contribution >= 0.6 is 0 Å². The summed E-state index contributed by atoms with van der Waals surface area (Å²) in [6, 6.07) is 7.58. The quantitative estimate of drug-likeness (QED) is 0.513. The molecule has 0 unspecified atom stereocenters. The van der Waals surface area contributed by atoms with E-state index < -0.39 is 16.1 Å². The number of pyridine rings is 1. The summed E-state index contributed by atoms with van der Waals surface area (Å²) in [7, 11) is -1.33. The molecule has 3 heterocycles. The Bertz CT molecular complexity index is 1380. The number of hydrogen-bond acceptors (Lipinski definition) is 7. The molecule has 0 atom stereocenters. The molecule has 5 rings (SSSR count). The molecule has 1 aromatic carbocycles. The van der Waals surface area contributed by atoms with Crippen LogP contribution in [-0.2, 0) is 21.5 Å². The molecule has 2 aromatic heterocycles. The molecule has 2 fully saturated rings. The molecule has 0 bridgehead atoms. The fourth-order valence-corrected chi connectivity index (χ4v) is 4.97. The SMILES string of the molecule is CN(C)S(=O)(=O)NC(=O)c1cc(CN2CCOCC2)c2c(C3CCC3)nn(-c3ccc(F)cc3)c2n1. The van der Waals surface area contributed by atoms with Gasteiger partial charge in [-0.3, -0.25) is 9.69 Å². The summed E-state index contributed by atoms with van der Waals surface area (Å²) in [5.74, 6) is -0.927. The van der Waals surface area contributed by atoms with E-state index in [-0.39, 0.29) is 17.4 Å². The Labute approximate surface area is 209 Å². The van der Waals surface area contributed by atoms with Gasteiger partial charge in [-0.15, -0.1) is 0 Å². The van der Waals surface area contributed by atoms with E-state index in [1.165, 1.54) is 26.2 Å². The fraction of sp³-hybridized carbons (Fsp3) is 0.458. The van der Waals surface area contributed by atoms with Crippen molar-refractivity contribution < 1.29 is 22.3 Å². The summed E-state index contributed by atoms with van der Waals surface area (Å²) >= 11 is 0. The average Bonchev–Trinajstić information content (AvgIpc) is 3.18.